The van der Waals surface area contributed by atoms with Crippen LogP contribution in [0, 0.1) is 6.92 Å². The van der Waals surface area contributed by atoms with Gasteiger partial charge >= 0.3 is 0 Å². The number of hydrogen-bond acceptors (Lipinski definition) is 4. The second kappa shape index (κ2) is 7.76. The van der Waals surface area contributed by atoms with Crippen molar-refractivity contribution >= 4 is 34.6 Å². The van der Waals surface area contributed by atoms with Gasteiger partial charge in [-0.3, -0.25) is 9.69 Å². The van der Waals surface area contributed by atoms with Gasteiger partial charge < -0.3 is 16.0 Å². The summed E-state index contributed by atoms with van der Waals surface area (Å²) >= 11 is 6.10. The lowest BCUT2D eigenvalue weighted by molar-refractivity contribution is -0.117. The Kier molecular flexibility index (Phi) is 5.46. The zero-order valence-corrected chi connectivity index (χ0v) is 15.1. The van der Waals surface area contributed by atoms with E-state index in [-0.39, 0.29) is 5.91 Å². The van der Waals surface area contributed by atoms with Gasteiger partial charge in [-0.1, -0.05) is 23.7 Å². The maximum absolute atomic E-state index is 12.3. The van der Waals surface area contributed by atoms with Crippen LogP contribution in [-0.2, 0) is 4.79 Å². The van der Waals surface area contributed by atoms with Crippen molar-refractivity contribution in [2.45, 2.75) is 6.92 Å². The van der Waals surface area contributed by atoms with Crippen molar-refractivity contribution in [3.05, 3.63) is 53.1 Å². The number of hydrogen-bond donors (Lipinski definition) is 2. The molecule has 3 rings (SSSR count). The first-order valence-electron chi connectivity index (χ1n) is 8.40. The average Bonchev–Trinajstić information content (AvgIpc) is 2.58. The molecule has 0 radical (unpaired) electrons. The lowest BCUT2D eigenvalue weighted by Crippen LogP contribution is -2.48. The summed E-state index contributed by atoms with van der Waals surface area (Å²) in [5, 5.41) is 3.31. The maximum Gasteiger partial charge on any atom is 0.238 e. The summed E-state index contributed by atoms with van der Waals surface area (Å²) in [6.07, 6.45) is 0. The van der Waals surface area contributed by atoms with E-state index in [1.165, 1.54) is 11.3 Å². The van der Waals surface area contributed by atoms with E-state index in [1.54, 1.807) is 18.2 Å². The number of anilines is 3. The first kappa shape index (κ1) is 17.6. The van der Waals surface area contributed by atoms with Crippen LogP contribution in [0.25, 0.3) is 0 Å². The van der Waals surface area contributed by atoms with E-state index in [0.29, 0.717) is 22.9 Å². The molecule has 0 bridgehead atoms. The highest BCUT2D eigenvalue weighted by molar-refractivity contribution is 6.34. The van der Waals surface area contributed by atoms with Gasteiger partial charge in [-0.05, 0) is 42.8 Å². The third-order valence-corrected chi connectivity index (χ3v) is 4.69. The minimum atomic E-state index is -0.0596. The summed E-state index contributed by atoms with van der Waals surface area (Å²) in [6, 6.07) is 13.6. The number of aryl methyl sites for hydroxylation is 1. The minimum Gasteiger partial charge on any atom is -0.399 e. The molecule has 5 nitrogen and oxygen atoms in total. The number of nitrogens with zero attached hydrogens (tertiary/aromatic N) is 2. The van der Waals surface area contributed by atoms with Crippen molar-refractivity contribution in [3.8, 4) is 0 Å². The molecule has 132 valence electrons. The molecule has 0 saturated carbocycles. The molecule has 25 heavy (non-hydrogen) atoms. The Morgan fingerprint density at radius 2 is 1.92 bits per heavy atom. The van der Waals surface area contributed by atoms with Gasteiger partial charge in [0.1, 0.15) is 0 Å². The van der Waals surface area contributed by atoms with Crippen molar-refractivity contribution in [1.82, 2.24) is 4.90 Å². The highest BCUT2D eigenvalue weighted by Crippen LogP contribution is 2.24. The van der Waals surface area contributed by atoms with Crippen LogP contribution >= 0.6 is 11.6 Å². The number of nitrogen functional groups attached to an aromatic ring is 1. The summed E-state index contributed by atoms with van der Waals surface area (Å²) in [6.45, 7) is 6.02. The fourth-order valence-corrected chi connectivity index (χ4v) is 3.25. The van der Waals surface area contributed by atoms with Gasteiger partial charge in [0.2, 0.25) is 5.91 Å². The van der Waals surface area contributed by atoms with Crippen LogP contribution in [0.4, 0.5) is 17.1 Å². The Hall–Kier alpha value is -2.24. The molecule has 2 aromatic rings. The van der Waals surface area contributed by atoms with Gasteiger partial charge in [0.25, 0.3) is 0 Å². The van der Waals surface area contributed by atoms with Gasteiger partial charge in [0.05, 0.1) is 17.3 Å². The summed E-state index contributed by atoms with van der Waals surface area (Å²) in [4.78, 5) is 16.8. The van der Waals surface area contributed by atoms with Crippen molar-refractivity contribution in [2.75, 3.05) is 48.7 Å². The number of carbonyl (C=O) groups excluding carboxylic acids is 1. The predicted molar refractivity (Wildman–Crippen MR) is 104 cm³/mol. The van der Waals surface area contributed by atoms with Crippen molar-refractivity contribution in [3.63, 3.8) is 0 Å². The average molecular weight is 359 g/mol. The Balaban J connectivity index is 1.51. The Labute approximate surface area is 153 Å². The molecule has 1 aliphatic rings. The van der Waals surface area contributed by atoms with E-state index in [4.69, 9.17) is 17.3 Å². The molecule has 0 spiro atoms. The Morgan fingerprint density at radius 1 is 1.16 bits per heavy atom. The van der Waals surface area contributed by atoms with Gasteiger partial charge in [0, 0.05) is 37.6 Å². The van der Waals surface area contributed by atoms with Gasteiger partial charge in [-0.15, -0.1) is 0 Å². The molecule has 0 unspecified atom stereocenters. The predicted octanol–water partition coefficient (Wildman–Crippen LogP) is 2.99. The third kappa shape index (κ3) is 4.65. The molecule has 1 aliphatic heterocycles. The van der Waals surface area contributed by atoms with E-state index >= 15 is 0 Å². The molecule has 1 heterocycles. The van der Waals surface area contributed by atoms with Crippen molar-refractivity contribution in [1.29, 1.82) is 0 Å². The van der Waals surface area contributed by atoms with Crippen LogP contribution in [0.1, 0.15) is 5.56 Å². The SMILES string of the molecule is Cc1cccc(N2CCN(CC(=O)Nc3ccc(N)cc3Cl)CC2)c1. The van der Waals surface area contributed by atoms with E-state index < -0.39 is 0 Å². The van der Waals surface area contributed by atoms with E-state index in [2.05, 4.69) is 46.3 Å². The zero-order valence-electron chi connectivity index (χ0n) is 14.3. The highest BCUT2D eigenvalue weighted by Gasteiger charge is 2.19. The van der Waals surface area contributed by atoms with Crippen molar-refractivity contribution in [2.24, 2.45) is 0 Å². The Bertz CT molecular complexity index is 757. The molecule has 2 aromatic carbocycles. The summed E-state index contributed by atoms with van der Waals surface area (Å²) in [5.41, 5.74) is 9.35. The molecule has 0 aromatic heterocycles. The zero-order chi connectivity index (χ0) is 17.8. The second-order valence-electron chi connectivity index (χ2n) is 6.39. The first-order chi connectivity index (χ1) is 12.0. The molecular formula is C19H23ClN4O. The Morgan fingerprint density at radius 3 is 2.60 bits per heavy atom. The summed E-state index contributed by atoms with van der Waals surface area (Å²) in [7, 11) is 0. The fraction of sp³-hybridized carbons (Fsp3) is 0.316. The van der Waals surface area contributed by atoms with Crippen LogP contribution < -0.4 is 16.0 Å². The molecular weight excluding hydrogens is 336 g/mol. The monoisotopic (exact) mass is 358 g/mol. The molecule has 1 saturated heterocycles. The number of benzene rings is 2. The normalized spacial score (nSPS) is 15.2. The lowest BCUT2D eigenvalue weighted by atomic mass is 10.2. The van der Waals surface area contributed by atoms with Crippen LogP contribution in [0.15, 0.2) is 42.5 Å². The van der Waals surface area contributed by atoms with E-state index in [0.717, 1.165) is 26.2 Å². The maximum atomic E-state index is 12.3. The second-order valence-corrected chi connectivity index (χ2v) is 6.80. The number of rotatable bonds is 4. The summed E-state index contributed by atoms with van der Waals surface area (Å²) < 4.78 is 0. The van der Waals surface area contributed by atoms with Gasteiger partial charge in [0.15, 0.2) is 0 Å². The van der Waals surface area contributed by atoms with Gasteiger partial charge in [-0.2, -0.15) is 0 Å². The summed E-state index contributed by atoms with van der Waals surface area (Å²) in [5.74, 6) is -0.0596. The fourth-order valence-electron chi connectivity index (χ4n) is 3.01. The quantitative estimate of drug-likeness (QED) is 0.825. The van der Waals surface area contributed by atoms with E-state index in [1.807, 2.05) is 0 Å². The highest BCUT2D eigenvalue weighted by atomic mass is 35.5. The number of nitrogens with two attached hydrogens (primary N) is 1. The number of nitrogens with one attached hydrogen (secondary N) is 1. The smallest absolute Gasteiger partial charge is 0.238 e. The molecule has 1 amide bonds. The molecule has 0 atom stereocenters. The van der Waals surface area contributed by atoms with Crippen LogP contribution in [0.5, 0.6) is 0 Å². The topological polar surface area (TPSA) is 61.6 Å². The number of piperazine rings is 1. The number of halogens is 1. The standard InChI is InChI=1S/C19H23ClN4O/c1-14-3-2-4-16(11-14)24-9-7-23(8-10-24)13-19(25)22-18-6-5-15(21)12-17(18)20/h2-6,11-12H,7-10,13,21H2,1H3,(H,22,25). The molecule has 0 aliphatic carbocycles. The third-order valence-electron chi connectivity index (χ3n) is 4.37. The van der Waals surface area contributed by atoms with Crippen LogP contribution in [0.2, 0.25) is 5.02 Å². The number of carbonyl (C=O) groups is 1. The van der Waals surface area contributed by atoms with Gasteiger partial charge in [-0.25, -0.2) is 0 Å². The lowest BCUT2D eigenvalue weighted by Gasteiger charge is -2.35. The molecule has 1 fully saturated rings. The minimum absolute atomic E-state index is 0.0596. The number of amides is 1. The molecule has 6 heteroatoms. The molecule has 3 N–H and O–H groups in total. The van der Waals surface area contributed by atoms with Crippen LogP contribution in [-0.4, -0.2) is 43.5 Å². The van der Waals surface area contributed by atoms with E-state index in [9.17, 15) is 4.79 Å². The van der Waals surface area contributed by atoms with Crippen molar-refractivity contribution < 1.29 is 4.79 Å². The first-order valence-corrected chi connectivity index (χ1v) is 8.78. The van der Waals surface area contributed by atoms with Crippen LogP contribution in [0.3, 0.4) is 0 Å². The largest absolute Gasteiger partial charge is 0.399 e.